The van der Waals surface area contributed by atoms with Crippen LogP contribution in [-0.2, 0) is 16.1 Å². The minimum absolute atomic E-state index is 0.0985. The molecule has 0 saturated carbocycles. The first-order valence-corrected chi connectivity index (χ1v) is 8.55. The van der Waals surface area contributed by atoms with Crippen molar-refractivity contribution in [3.8, 4) is 5.75 Å². The summed E-state index contributed by atoms with van der Waals surface area (Å²) in [7, 11) is 1.58. The number of rotatable bonds is 7. The third-order valence-electron chi connectivity index (χ3n) is 3.55. The highest BCUT2D eigenvalue weighted by atomic mass is 79.9. The minimum atomic E-state index is -0.765. The molecule has 1 N–H and O–H groups in total. The fraction of sp³-hybridized carbons (Fsp3) is 0.333. The van der Waals surface area contributed by atoms with E-state index >= 15 is 0 Å². The number of amides is 1. The van der Waals surface area contributed by atoms with E-state index in [0.29, 0.717) is 5.75 Å². The largest absolute Gasteiger partial charge is 0.496 e. The Hall–Kier alpha value is -2.28. The molecule has 134 valence electrons. The van der Waals surface area contributed by atoms with E-state index in [1.807, 2.05) is 26.0 Å². The summed E-state index contributed by atoms with van der Waals surface area (Å²) < 4.78 is 16.3. The number of furan rings is 1. The normalized spacial score (nSPS) is 11.9. The fourth-order valence-corrected chi connectivity index (χ4v) is 2.75. The smallest absolute Gasteiger partial charge is 0.329 e. The maximum absolute atomic E-state index is 12.4. The Morgan fingerprint density at radius 3 is 2.60 bits per heavy atom. The van der Waals surface area contributed by atoms with Crippen LogP contribution in [0.3, 0.4) is 0 Å². The number of halogens is 1. The first-order chi connectivity index (χ1) is 11.9. The van der Waals surface area contributed by atoms with E-state index in [1.54, 1.807) is 19.2 Å². The lowest BCUT2D eigenvalue weighted by Crippen LogP contribution is -2.45. The number of nitrogens with one attached hydrogen (secondary N) is 1. The first kappa shape index (κ1) is 19.1. The van der Waals surface area contributed by atoms with Crippen molar-refractivity contribution in [1.29, 1.82) is 0 Å². The van der Waals surface area contributed by atoms with Crippen LogP contribution in [-0.4, -0.2) is 25.0 Å². The van der Waals surface area contributed by atoms with Gasteiger partial charge in [0.15, 0.2) is 5.76 Å². The van der Waals surface area contributed by atoms with E-state index in [0.717, 1.165) is 10.0 Å². The lowest BCUT2D eigenvalue weighted by Gasteiger charge is -2.20. The molecule has 1 aromatic heterocycles. The van der Waals surface area contributed by atoms with E-state index in [-0.39, 0.29) is 18.3 Å². The van der Waals surface area contributed by atoms with Gasteiger partial charge in [-0.3, -0.25) is 4.79 Å². The second kappa shape index (κ2) is 8.71. The Balaban J connectivity index is 1.98. The number of ether oxygens (including phenoxy) is 2. The van der Waals surface area contributed by atoms with Gasteiger partial charge in [-0.2, -0.15) is 0 Å². The van der Waals surface area contributed by atoms with Crippen LogP contribution in [0.2, 0.25) is 0 Å². The molecule has 0 spiro atoms. The number of methoxy groups -OCH3 is 1. The highest BCUT2D eigenvalue weighted by Crippen LogP contribution is 2.25. The molecule has 0 aliphatic heterocycles. The van der Waals surface area contributed by atoms with Crippen molar-refractivity contribution in [3.63, 3.8) is 0 Å². The van der Waals surface area contributed by atoms with Crippen molar-refractivity contribution < 1.29 is 23.5 Å². The molecule has 0 fully saturated rings. The Morgan fingerprint density at radius 1 is 1.28 bits per heavy atom. The van der Waals surface area contributed by atoms with Gasteiger partial charge in [0.1, 0.15) is 18.4 Å². The van der Waals surface area contributed by atoms with Crippen LogP contribution in [0.15, 0.2) is 45.5 Å². The zero-order valence-corrected chi connectivity index (χ0v) is 15.8. The van der Waals surface area contributed by atoms with Crippen molar-refractivity contribution in [1.82, 2.24) is 5.32 Å². The third kappa shape index (κ3) is 5.09. The molecule has 2 rings (SSSR count). The fourth-order valence-electron chi connectivity index (χ4n) is 2.16. The van der Waals surface area contributed by atoms with E-state index in [9.17, 15) is 9.59 Å². The molecule has 2 aromatic rings. The number of hydrogen-bond acceptors (Lipinski definition) is 5. The lowest BCUT2D eigenvalue weighted by atomic mass is 10.0. The van der Waals surface area contributed by atoms with Gasteiger partial charge in [0.2, 0.25) is 0 Å². The molecule has 0 unspecified atom stereocenters. The second-order valence-electron chi connectivity index (χ2n) is 5.75. The SMILES string of the molecule is COc1ccc(COC(=O)[C@@H](NC(=O)c2ccco2)C(C)C)cc1Br. The Kier molecular flexibility index (Phi) is 6.64. The van der Waals surface area contributed by atoms with Crippen molar-refractivity contribution >= 4 is 27.8 Å². The molecule has 1 aromatic carbocycles. The van der Waals surface area contributed by atoms with Gasteiger partial charge in [0, 0.05) is 0 Å². The number of benzene rings is 1. The van der Waals surface area contributed by atoms with Crippen LogP contribution in [0.1, 0.15) is 30.0 Å². The average Bonchev–Trinajstić information content (AvgIpc) is 3.12. The number of carbonyl (C=O) groups is 2. The van der Waals surface area contributed by atoms with E-state index in [2.05, 4.69) is 21.2 Å². The summed E-state index contributed by atoms with van der Waals surface area (Å²) in [5.41, 5.74) is 0.806. The summed E-state index contributed by atoms with van der Waals surface area (Å²) in [6.45, 7) is 3.76. The summed E-state index contributed by atoms with van der Waals surface area (Å²) in [6, 6.07) is 7.79. The first-order valence-electron chi connectivity index (χ1n) is 7.75. The standard InChI is InChI=1S/C18H20BrNO5/c1-11(2)16(20-17(21)15-5-4-8-24-15)18(22)25-10-12-6-7-14(23-3)13(19)9-12/h4-9,11,16H,10H2,1-3H3,(H,20,21)/t16-/m0/s1. The summed E-state index contributed by atoms with van der Waals surface area (Å²) in [6.07, 6.45) is 1.40. The highest BCUT2D eigenvalue weighted by Gasteiger charge is 2.27. The van der Waals surface area contributed by atoms with Crippen LogP contribution in [0.5, 0.6) is 5.75 Å². The van der Waals surface area contributed by atoms with Gasteiger partial charge >= 0.3 is 5.97 Å². The summed E-state index contributed by atoms with van der Waals surface area (Å²) in [5, 5.41) is 2.65. The maximum atomic E-state index is 12.4. The summed E-state index contributed by atoms with van der Waals surface area (Å²) in [4.78, 5) is 24.4. The Morgan fingerprint density at radius 2 is 2.04 bits per heavy atom. The average molecular weight is 410 g/mol. The molecule has 0 aliphatic rings. The molecule has 1 heterocycles. The summed E-state index contributed by atoms with van der Waals surface area (Å²) >= 11 is 3.39. The Labute approximate surface area is 154 Å². The zero-order chi connectivity index (χ0) is 18.4. The number of hydrogen-bond donors (Lipinski definition) is 1. The molecule has 1 atom stereocenters. The molecule has 6 nitrogen and oxygen atoms in total. The van der Waals surface area contributed by atoms with Gasteiger partial charge in [0.25, 0.3) is 5.91 Å². The maximum Gasteiger partial charge on any atom is 0.329 e. The lowest BCUT2D eigenvalue weighted by molar-refractivity contribution is -0.148. The zero-order valence-electron chi connectivity index (χ0n) is 14.2. The third-order valence-corrected chi connectivity index (χ3v) is 4.17. The van der Waals surface area contributed by atoms with Crippen molar-refractivity contribution in [2.75, 3.05) is 7.11 Å². The van der Waals surface area contributed by atoms with Gasteiger partial charge in [-0.15, -0.1) is 0 Å². The molecule has 7 heteroatoms. The van der Waals surface area contributed by atoms with Gasteiger partial charge < -0.3 is 19.2 Å². The van der Waals surface area contributed by atoms with Crippen LogP contribution < -0.4 is 10.1 Å². The van der Waals surface area contributed by atoms with Crippen molar-refractivity contribution in [3.05, 3.63) is 52.4 Å². The molecule has 25 heavy (non-hydrogen) atoms. The van der Waals surface area contributed by atoms with Gasteiger partial charge in [0.05, 0.1) is 17.8 Å². The highest BCUT2D eigenvalue weighted by molar-refractivity contribution is 9.10. The molecular weight excluding hydrogens is 390 g/mol. The van der Waals surface area contributed by atoms with E-state index < -0.39 is 17.9 Å². The molecule has 0 bridgehead atoms. The van der Waals surface area contributed by atoms with Crippen LogP contribution in [0.25, 0.3) is 0 Å². The van der Waals surface area contributed by atoms with Crippen LogP contribution >= 0.6 is 15.9 Å². The molecule has 1 amide bonds. The molecule has 0 saturated heterocycles. The van der Waals surface area contributed by atoms with Gasteiger partial charge in [-0.1, -0.05) is 19.9 Å². The predicted octanol–water partition coefficient (Wildman–Crippen LogP) is 3.55. The summed E-state index contributed by atoms with van der Waals surface area (Å²) in [5.74, 6) is -0.234. The van der Waals surface area contributed by atoms with E-state index in [1.165, 1.54) is 12.3 Å². The topological polar surface area (TPSA) is 77.8 Å². The molecular formula is C18H20BrNO5. The second-order valence-corrected chi connectivity index (χ2v) is 6.60. The quantitative estimate of drug-likeness (QED) is 0.707. The van der Waals surface area contributed by atoms with Crippen molar-refractivity contribution in [2.45, 2.75) is 26.5 Å². The monoisotopic (exact) mass is 409 g/mol. The minimum Gasteiger partial charge on any atom is -0.496 e. The van der Waals surface area contributed by atoms with Gasteiger partial charge in [-0.25, -0.2) is 4.79 Å². The van der Waals surface area contributed by atoms with Crippen LogP contribution in [0.4, 0.5) is 0 Å². The molecule has 0 radical (unpaired) electrons. The van der Waals surface area contributed by atoms with Crippen molar-refractivity contribution in [2.24, 2.45) is 5.92 Å². The predicted molar refractivity (Wildman–Crippen MR) is 95.3 cm³/mol. The van der Waals surface area contributed by atoms with Gasteiger partial charge in [-0.05, 0) is 51.7 Å². The van der Waals surface area contributed by atoms with E-state index in [4.69, 9.17) is 13.9 Å². The molecule has 0 aliphatic carbocycles. The Bertz CT molecular complexity index is 727. The number of carbonyl (C=O) groups excluding carboxylic acids is 2. The van der Waals surface area contributed by atoms with Crippen LogP contribution in [0, 0.1) is 5.92 Å². The number of esters is 1.